The van der Waals surface area contributed by atoms with Gasteiger partial charge in [0.1, 0.15) is 0 Å². The largest absolute Gasteiger partial charge is 0.376 e. The van der Waals surface area contributed by atoms with Crippen molar-refractivity contribution in [3.8, 4) is 0 Å². The molecule has 4 bridgehead atoms. The highest BCUT2D eigenvalue weighted by Crippen LogP contribution is 2.44. The van der Waals surface area contributed by atoms with Gasteiger partial charge in [-0.3, -0.25) is 9.89 Å². The van der Waals surface area contributed by atoms with Crippen LogP contribution >= 0.6 is 15.9 Å². The van der Waals surface area contributed by atoms with E-state index in [1.165, 1.54) is 12.1 Å². The van der Waals surface area contributed by atoms with Gasteiger partial charge in [0.2, 0.25) is 0 Å². The van der Waals surface area contributed by atoms with Crippen LogP contribution in [0.4, 0.5) is 0 Å². The Kier molecular flexibility index (Phi) is 2.51. The summed E-state index contributed by atoms with van der Waals surface area (Å²) in [6.45, 7) is 3.05. The summed E-state index contributed by atoms with van der Waals surface area (Å²) in [6, 6.07) is 5.85. The van der Waals surface area contributed by atoms with E-state index in [0.717, 1.165) is 35.0 Å². The zero-order valence-corrected chi connectivity index (χ0v) is 13.5. The van der Waals surface area contributed by atoms with Crippen LogP contribution in [0.5, 0.6) is 0 Å². The minimum atomic E-state index is 0.0202. The van der Waals surface area contributed by atoms with Gasteiger partial charge in [-0.05, 0) is 24.6 Å². The number of carbonyl (C=O) groups excluding carboxylic acids is 1. The van der Waals surface area contributed by atoms with Gasteiger partial charge >= 0.3 is 0 Å². The van der Waals surface area contributed by atoms with Crippen molar-refractivity contribution in [2.24, 2.45) is 11.8 Å². The molecule has 0 unspecified atom stereocenters. The lowest BCUT2D eigenvalue weighted by Gasteiger charge is -2.39. The predicted molar refractivity (Wildman–Crippen MR) is 86.1 cm³/mol. The van der Waals surface area contributed by atoms with Crippen molar-refractivity contribution in [2.45, 2.75) is 6.42 Å². The molecule has 1 amide bonds. The number of hydrogen-bond donors (Lipinski definition) is 1. The van der Waals surface area contributed by atoms with Gasteiger partial charge in [0.05, 0.1) is 5.52 Å². The van der Waals surface area contributed by atoms with Crippen LogP contribution in [0.2, 0.25) is 0 Å². The van der Waals surface area contributed by atoms with Crippen LogP contribution in [0.1, 0.15) is 16.9 Å². The molecule has 4 aliphatic rings. The number of allylic oxidation sites excluding steroid dienone is 1. The van der Waals surface area contributed by atoms with Crippen molar-refractivity contribution in [1.82, 2.24) is 20.0 Å². The Bertz CT molecular complexity index is 827. The average molecular weight is 359 g/mol. The van der Waals surface area contributed by atoms with Gasteiger partial charge in [0.25, 0.3) is 5.91 Å². The van der Waals surface area contributed by atoms with Crippen LogP contribution < -0.4 is 0 Å². The maximum absolute atomic E-state index is 13.0. The molecule has 1 aromatic heterocycles. The molecule has 6 heteroatoms. The Morgan fingerprint density at radius 3 is 3.09 bits per heavy atom. The number of carbonyl (C=O) groups is 1. The number of amides is 1. The molecule has 0 saturated carbocycles. The number of halogens is 1. The summed E-state index contributed by atoms with van der Waals surface area (Å²) in [5.41, 5.74) is 2.61. The Morgan fingerprint density at radius 2 is 2.27 bits per heavy atom. The van der Waals surface area contributed by atoms with E-state index in [4.69, 9.17) is 0 Å². The molecule has 22 heavy (non-hydrogen) atoms. The van der Waals surface area contributed by atoms with E-state index < -0.39 is 0 Å². The number of fused-ring (bicyclic) bond motifs is 2. The fourth-order valence-corrected chi connectivity index (χ4v) is 4.48. The molecule has 0 spiro atoms. The number of H-pyrrole nitrogens is 1. The highest BCUT2D eigenvalue weighted by Gasteiger charge is 2.46. The number of nitrogens with one attached hydrogen (secondary N) is 1. The second-order valence-corrected chi connectivity index (χ2v) is 7.30. The maximum Gasteiger partial charge on any atom is 0.279 e. The first kappa shape index (κ1) is 12.7. The van der Waals surface area contributed by atoms with Crippen molar-refractivity contribution < 1.29 is 4.79 Å². The van der Waals surface area contributed by atoms with E-state index in [1.807, 2.05) is 23.1 Å². The average Bonchev–Trinajstić information content (AvgIpc) is 3.06. The van der Waals surface area contributed by atoms with Gasteiger partial charge in [0.15, 0.2) is 5.69 Å². The Labute approximate surface area is 136 Å². The molecule has 112 valence electrons. The zero-order valence-electron chi connectivity index (χ0n) is 11.9. The zero-order chi connectivity index (χ0) is 14.8. The van der Waals surface area contributed by atoms with E-state index >= 15 is 0 Å². The minimum absolute atomic E-state index is 0.0202. The van der Waals surface area contributed by atoms with Crippen molar-refractivity contribution in [3.05, 3.63) is 40.3 Å². The van der Waals surface area contributed by atoms with Crippen LogP contribution in [0, 0.1) is 11.8 Å². The smallest absolute Gasteiger partial charge is 0.279 e. The second-order valence-electron chi connectivity index (χ2n) is 6.38. The fourth-order valence-electron chi connectivity index (χ4n) is 4.12. The van der Waals surface area contributed by atoms with E-state index in [9.17, 15) is 4.79 Å². The van der Waals surface area contributed by atoms with Crippen molar-refractivity contribution in [1.29, 1.82) is 0 Å². The number of rotatable bonds is 1. The van der Waals surface area contributed by atoms with Crippen LogP contribution in [0.3, 0.4) is 0 Å². The Morgan fingerprint density at radius 1 is 1.36 bits per heavy atom. The van der Waals surface area contributed by atoms with E-state index in [2.05, 4.69) is 37.2 Å². The number of piperidine rings is 1. The first-order chi connectivity index (χ1) is 10.7. The molecule has 2 atom stereocenters. The third-order valence-corrected chi connectivity index (χ3v) is 5.65. The summed E-state index contributed by atoms with van der Waals surface area (Å²) in [6.07, 6.45) is 3.35. The normalized spacial score (nSPS) is 26.0. The molecular weight excluding hydrogens is 344 g/mol. The second kappa shape index (κ2) is 4.35. The Balaban J connectivity index is 1.57. The summed E-state index contributed by atoms with van der Waals surface area (Å²) in [7, 11) is 0. The quantitative estimate of drug-likeness (QED) is 0.852. The number of hydrogen-bond acceptors (Lipinski definition) is 3. The molecule has 6 rings (SSSR count). The van der Waals surface area contributed by atoms with Gasteiger partial charge in [-0.25, -0.2) is 0 Å². The molecule has 1 aromatic carbocycles. The topological polar surface area (TPSA) is 52.2 Å². The lowest BCUT2D eigenvalue weighted by atomic mass is 9.84. The minimum Gasteiger partial charge on any atom is -0.376 e. The van der Waals surface area contributed by atoms with Crippen LogP contribution in [-0.2, 0) is 0 Å². The first-order valence-electron chi connectivity index (χ1n) is 7.62. The number of likely N-dealkylation sites (tertiary alicyclic amines) is 1. The van der Waals surface area contributed by atoms with Crippen LogP contribution in [0.15, 0.2) is 34.6 Å². The van der Waals surface area contributed by atoms with E-state index in [-0.39, 0.29) is 5.91 Å². The number of aromatic amines is 1. The van der Waals surface area contributed by atoms with Crippen molar-refractivity contribution >= 4 is 32.7 Å². The summed E-state index contributed by atoms with van der Waals surface area (Å²) < 4.78 is 0.958. The molecule has 0 radical (unpaired) electrons. The van der Waals surface area contributed by atoms with Gasteiger partial charge in [0, 0.05) is 53.2 Å². The molecule has 2 saturated heterocycles. The maximum atomic E-state index is 13.0. The van der Waals surface area contributed by atoms with Crippen LogP contribution in [0.25, 0.3) is 10.9 Å². The van der Waals surface area contributed by atoms with Gasteiger partial charge in [-0.15, -0.1) is 0 Å². The molecule has 5 nitrogen and oxygen atoms in total. The lowest BCUT2D eigenvalue weighted by molar-refractivity contribution is 0.0816. The summed E-state index contributed by atoms with van der Waals surface area (Å²) in [5.74, 6) is 1.17. The van der Waals surface area contributed by atoms with E-state index in [1.54, 1.807) is 0 Å². The number of benzene rings is 1. The predicted octanol–water partition coefficient (Wildman–Crippen LogP) is 2.57. The summed E-state index contributed by atoms with van der Waals surface area (Å²) >= 11 is 3.47. The third kappa shape index (κ3) is 1.64. The first-order valence-corrected chi connectivity index (χ1v) is 8.41. The lowest BCUT2D eigenvalue weighted by Crippen LogP contribution is -2.40. The molecule has 0 aliphatic carbocycles. The molecule has 2 fully saturated rings. The monoisotopic (exact) mass is 358 g/mol. The van der Waals surface area contributed by atoms with Crippen molar-refractivity contribution in [3.63, 3.8) is 0 Å². The SMILES string of the molecule is O=C(c1n[nH]c2ccc(Br)cc12)N1C[C@@H]2CN3C=C1[C@H]2CC3. The third-order valence-electron chi connectivity index (χ3n) is 5.16. The highest BCUT2D eigenvalue weighted by molar-refractivity contribution is 9.10. The van der Waals surface area contributed by atoms with Gasteiger partial charge in [-0.1, -0.05) is 15.9 Å². The number of nitrogens with zero attached hydrogens (tertiary/aromatic N) is 3. The molecule has 4 aliphatic heterocycles. The fraction of sp³-hybridized carbons (Fsp3) is 0.375. The van der Waals surface area contributed by atoms with Crippen LogP contribution in [-0.4, -0.2) is 45.5 Å². The van der Waals surface area contributed by atoms with Gasteiger partial charge in [-0.2, -0.15) is 5.10 Å². The van der Waals surface area contributed by atoms with E-state index in [0.29, 0.717) is 17.5 Å². The summed E-state index contributed by atoms with van der Waals surface area (Å²) in [4.78, 5) is 17.3. The highest BCUT2D eigenvalue weighted by atomic mass is 79.9. The molecule has 2 aromatic rings. The number of aromatic nitrogens is 2. The van der Waals surface area contributed by atoms with Gasteiger partial charge < -0.3 is 9.80 Å². The molecule has 1 N–H and O–H groups in total. The molecule has 5 heterocycles. The Hall–Kier alpha value is -1.82. The van der Waals surface area contributed by atoms with Crippen molar-refractivity contribution in [2.75, 3.05) is 19.6 Å². The molecular formula is C16H15BrN4O. The standard InChI is InChI=1S/C16H15BrN4O/c17-10-1-2-13-12(5-10)15(19-18-13)16(22)21-7-9-6-20-4-3-11(9)14(21)8-20/h1-2,5,8-9,11H,3-4,6-7H2,(H,18,19)/t9-,11-/m0/s1. The summed E-state index contributed by atoms with van der Waals surface area (Å²) in [5, 5.41) is 8.13.